The summed E-state index contributed by atoms with van der Waals surface area (Å²) in [5.41, 5.74) is 2.91. The molecule has 0 heterocycles. The molecule has 0 bridgehead atoms. The first-order chi connectivity index (χ1) is 11.5. The third-order valence-electron chi connectivity index (χ3n) is 3.75. The standard InChI is InChI=1S/C20H15F2NO/c1-13-4-2-3-5-17(13)20(24)14-6-9-16(10-7-14)23-19-11-8-15(21)12-18(19)22/h2-12,23H,1H3. The van der Waals surface area contributed by atoms with Crippen molar-refractivity contribution in [3.05, 3.63) is 95.1 Å². The molecule has 0 aliphatic carbocycles. The van der Waals surface area contributed by atoms with Crippen LogP contribution in [0, 0.1) is 18.6 Å². The highest BCUT2D eigenvalue weighted by Crippen LogP contribution is 2.22. The van der Waals surface area contributed by atoms with Crippen LogP contribution in [0.25, 0.3) is 0 Å². The van der Waals surface area contributed by atoms with Crippen LogP contribution in [0.1, 0.15) is 21.5 Å². The second kappa shape index (κ2) is 6.62. The van der Waals surface area contributed by atoms with E-state index in [4.69, 9.17) is 0 Å². The molecule has 1 N–H and O–H groups in total. The Balaban J connectivity index is 1.81. The van der Waals surface area contributed by atoms with E-state index in [1.54, 1.807) is 30.3 Å². The quantitative estimate of drug-likeness (QED) is 0.665. The Morgan fingerprint density at radius 3 is 2.29 bits per heavy atom. The topological polar surface area (TPSA) is 29.1 Å². The maximum absolute atomic E-state index is 13.7. The van der Waals surface area contributed by atoms with E-state index in [1.807, 2.05) is 25.1 Å². The molecule has 0 amide bonds. The zero-order chi connectivity index (χ0) is 17.1. The smallest absolute Gasteiger partial charge is 0.193 e. The minimum absolute atomic E-state index is 0.0624. The van der Waals surface area contributed by atoms with Crippen molar-refractivity contribution in [2.75, 3.05) is 5.32 Å². The van der Waals surface area contributed by atoms with Crippen molar-refractivity contribution in [1.29, 1.82) is 0 Å². The summed E-state index contributed by atoms with van der Waals surface area (Å²) >= 11 is 0. The first-order valence-corrected chi connectivity index (χ1v) is 7.47. The molecule has 3 aromatic carbocycles. The highest BCUT2D eigenvalue weighted by molar-refractivity contribution is 6.10. The van der Waals surface area contributed by atoms with Crippen molar-refractivity contribution >= 4 is 17.2 Å². The Labute approximate surface area is 138 Å². The van der Waals surface area contributed by atoms with E-state index >= 15 is 0 Å². The first kappa shape index (κ1) is 15.9. The Bertz CT molecular complexity index is 888. The zero-order valence-corrected chi connectivity index (χ0v) is 13.0. The molecule has 0 aromatic heterocycles. The predicted molar refractivity (Wildman–Crippen MR) is 90.7 cm³/mol. The molecule has 0 atom stereocenters. The maximum atomic E-state index is 13.7. The number of rotatable bonds is 4. The monoisotopic (exact) mass is 323 g/mol. The molecule has 0 aliphatic heterocycles. The molecule has 2 nitrogen and oxygen atoms in total. The molecule has 24 heavy (non-hydrogen) atoms. The summed E-state index contributed by atoms with van der Waals surface area (Å²) < 4.78 is 26.6. The van der Waals surface area contributed by atoms with E-state index < -0.39 is 11.6 Å². The average molecular weight is 323 g/mol. The van der Waals surface area contributed by atoms with E-state index in [1.165, 1.54) is 12.1 Å². The minimum Gasteiger partial charge on any atom is -0.353 e. The molecule has 120 valence electrons. The lowest BCUT2D eigenvalue weighted by Gasteiger charge is -2.09. The van der Waals surface area contributed by atoms with E-state index in [0.29, 0.717) is 16.8 Å². The number of nitrogens with one attached hydrogen (secondary N) is 1. The van der Waals surface area contributed by atoms with Crippen LogP contribution in [0.3, 0.4) is 0 Å². The summed E-state index contributed by atoms with van der Waals surface area (Å²) in [7, 11) is 0. The van der Waals surface area contributed by atoms with Crippen LogP contribution in [0.5, 0.6) is 0 Å². The third kappa shape index (κ3) is 3.33. The lowest BCUT2D eigenvalue weighted by atomic mass is 9.99. The number of carbonyl (C=O) groups is 1. The largest absolute Gasteiger partial charge is 0.353 e. The van der Waals surface area contributed by atoms with Crippen molar-refractivity contribution in [1.82, 2.24) is 0 Å². The van der Waals surface area contributed by atoms with E-state index in [2.05, 4.69) is 5.32 Å². The first-order valence-electron chi connectivity index (χ1n) is 7.47. The van der Waals surface area contributed by atoms with Crippen molar-refractivity contribution in [2.24, 2.45) is 0 Å². The van der Waals surface area contributed by atoms with Gasteiger partial charge in [-0.2, -0.15) is 0 Å². The molecule has 3 rings (SSSR count). The summed E-state index contributed by atoms with van der Waals surface area (Å²) in [5, 5.41) is 2.86. The number of carbonyl (C=O) groups excluding carboxylic acids is 1. The van der Waals surface area contributed by atoms with Crippen LogP contribution in [-0.4, -0.2) is 5.78 Å². The minimum atomic E-state index is -0.671. The van der Waals surface area contributed by atoms with Crippen molar-refractivity contribution < 1.29 is 13.6 Å². The fraction of sp³-hybridized carbons (Fsp3) is 0.0500. The summed E-state index contributed by atoms with van der Waals surface area (Å²) in [5.74, 6) is -1.36. The fourth-order valence-electron chi connectivity index (χ4n) is 2.43. The van der Waals surface area contributed by atoms with Gasteiger partial charge in [-0.25, -0.2) is 8.78 Å². The lowest BCUT2D eigenvalue weighted by molar-refractivity contribution is 0.103. The van der Waals surface area contributed by atoms with Crippen LogP contribution in [-0.2, 0) is 0 Å². The SMILES string of the molecule is Cc1ccccc1C(=O)c1ccc(Nc2ccc(F)cc2F)cc1. The molecule has 4 heteroatoms. The van der Waals surface area contributed by atoms with Gasteiger partial charge in [-0.05, 0) is 48.9 Å². The highest BCUT2D eigenvalue weighted by Gasteiger charge is 2.11. The second-order valence-electron chi connectivity index (χ2n) is 5.47. The van der Waals surface area contributed by atoms with Crippen LogP contribution >= 0.6 is 0 Å². The van der Waals surface area contributed by atoms with E-state index in [0.717, 1.165) is 11.6 Å². The summed E-state index contributed by atoms with van der Waals surface area (Å²) in [4.78, 5) is 12.5. The molecule has 0 unspecified atom stereocenters. The molecule has 0 radical (unpaired) electrons. The zero-order valence-electron chi connectivity index (χ0n) is 13.0. The number of benzene rings is 3. The van der Waals surface area contributed by atoms with Gasteiger partial charge in [0.15, 0.2) is 5.78 Å². The number of hydrogen-bond donors (Lipinski definition) is 1. The summed E-state index contributed by atoms with van der Waals surface area (Å²) in [6, 6.07) is 17.5. The van der Waals surface area contributed by atoms with Gasteiger partial charge in [-0.15, -0.1) is 0 Å². The van der Waals surface area contributed by atoms with E-state index in [-0.39, 0.29) is 11.5 Å². The van der Waals surface area contributed by atoms with Gasteiger partial charge in [0.05, 0.1) is 5.69 Å². The molecule has 0 fully saturated rings. The third-order valence-corrected chi connectivity index (χ3v) is 3.75. The molecule has 0 saturated heterocycles. The van der Waals surface area contributed by atoms with Gasteiger partial charge in [0.2, 0.25) is 0 Å². The number of halogens is 2. The summed E-state index contributed by atoms with van der Waals surface area (Å²) in [6.45, 7) is 1.89. The second-order valence-corrected chi connectivity index (χ2v) is 5.47. The number of anilines is 2. The fourth-order valence-corrected chi connectivity index (χ4v) is 2.43. The van der Waals surface area contributed by atoms with Crippen LogP contribution in [0.4, 0.5) is 20.2 Å². The normalized spacial score (nSPS) is 10.5. The van der Waals surface area contributed by atoms with Gasteiger partial charge in [0, 0.05) is 22.9 Å². The van der Waals surface area contributed by atoms with Crippen LogP contribution in [0.2, 0.25) is 0 Å². The van der Waals surface area contributed by atoms with Crippen molar-refractivity contribution in [2.45, 2.75) is 6.92 Å². The Morgan fingerprint density at radius 1 is 0.917 bits per heavy atom. The molecular weight excluding hydrogens is 308 g/mol. The lowest BCUT2D eigenvalue weighted by Crippen LogP contribution is -2.03. The van der Waals surface area contributed by atoms with Gasteiger partial charge in [-0.1, -0.05) is 24.3 Å². The van der Waals surface area contributed by atoms with Crippen molar-refractivity contribution in [3.8, 4) is 0 Å². The Hall–Kier alpha value is -3.01. The molecule has 0 saturated carbocycles. The van der Waals surface area contributed by atoms with E-state index in [9.17, 15) is 13.6 Å². The van der Waals surface area contributed by atoms with Gasteiger partial charge in [-0.3, -0.25) is 4.79 Å². The molecule has 3 aromatic rings. The molecular formula is C20H15F2NO. The number of hydrogen-bond acceptors (Lipinski definition) is 2. The Kier molecular flexibility index (Phi) is 4.38. The average Bonchev–Trinajstić information content (AvgIpc) is 2.58. The van der Waals surface area contributed by atoms with Gasteiger partial charge < -0.3 is 5.32 Å². The maximum Gasteiger partial charge on any atom is 0.193 e. The molecule has 0 spiro atoms. The van der Waals surface area contributed by atoms with Gasteiger partial charge >= 0.3 is 0 Å². The number of aryl methyl sites for hydroxylation is 1. The summed E-state index contributed by atoms with van der Waals surface area (Å²) in [6.07, 6.45) is 0. The molecule has 0 aliphatic rings. The predicted octanol–water partition coefficient (Wildman–Crippen LogP) is 5.25. The van der Waals surface area contributed by atoms with Crippen LogP contribution in [0.15, 0.2) is 66.7 Å². The van der Waals surface area contributed by atoms with Crippen molar-refractivity contribution in [3.63, 3.8) is 0 Å². The Morgan fingerprint density at radius 2 is 1.62 bits per heavy atom. The van der Waals surface area contributed by atoms with Gasteiger partial charge in [0.1, 0.15) is 11.6 Å². The van der Waals surface area contributed by atoms with Gasteiger partial charge in [0.25, 0.3) is 0 Å². The van der Waals surface area contributed by atoms with Crippen LogP contribution < -0.4 is 5.32 Å². The highest BCUT2D eigenvalue weighted by atomic mass is 19.1. The number of ketones is 1.